The monoisotopic (exact) mass is 571 g/mol. The molecule has 5 N–H and O–H groups in total. The molecule has 3 atom stereocenters. The Morgan fingerprint density at radius 3 is 2.26 bits per heavy atom. The first-order chi connectivity index (χ1) is 20.1. The molecule has 1 aliphatic heterocycles. The number of Topliss-reactive ketones (excluding diaryl/α,β-unsaturated/α-hetero) is 2. The lowest BCUT2D eigenvalue weighted by atomic mass is 9.90. The molecule has 0 saturated heterocycles. The molecule has 0 saturated carbocycles. The molecule has 42 heavy (non-hydrogen) atoms. The van der Waals surface area contributed by atoms with Crippen molar-refractivity contribution in [2.45, 2.75) is 44.7 Å². The summed E-state index contributed by atoms with van der Waals surface area (Å²) in [7, 11) is 3.83. The lowest BCUT2D eigenvalue weighted by Gasteiger charge is -2.29. The molecule has 0 unspecified atom stereocenters. The van der Waals surface area contributed by atoms with Crippen molar-refractivity contribution in [3.05, 3.63) is 77.4 Å². The fourth-order valence-electron chi connectivity index (χ4n) is 5.55. The first kappa shape index (κ1) is 31.0. The van der Waals surface area contributed by atoms with Crippen LogP contribution in [-0.4, -0.2) is 74.1 Å². The quantitative estimate of drug-likeness (QED) is 0.187. The van der Waals surface area contributed by atoms with Crippen LogP contribution in [0.15, 0.2) is 60.7 Å². The number of carbonyl (C=O) groups is 4. The molecule has 1 heterocycles. The Balaban J connectivity index is 1.31. The van der Waals surface area contributed by atoms with E-state index < -0.39 is 23.8 Å². The van der Waals surface area contributed by atoms with Gasteiger partial charge in [0.25, 0.3) is 11.8 Å². The molecular weight excluding hydrogens is 530 g/mol. The van der Waals surface area contributed by atoms with E-state index in [0.717, 1.165) is 17.5 Å². The summed E-state index contributed by atoms with van der Waals surface area (Å²) in [5, 5.41) is 4.75. The molecule has 9 nitrogen and oxygen atoms in total. The maximum Gasteiger partial charge on any atom is 0.261 e. The molecule has 0 radical (unpaired) electrons. The third-order valence-electron chi connectivity index (χ3n) is 7.97. The minimum absolute atomic E-state index is 0.0292. The van der Waals surface area contributed by atoms with Gasteiger partial charge in [-0.1, -0.05) is 42.5 Å². The molecule has 3 aromatic rings. The number of carbonyl (C=O) groups excluding carboxylic acids is 4. The third kappa shape index (κ3) is 7.10. The number of ketones is 2. The fourth-order valence-corrected chi connectivity index (χ4v) is 5.55. The fraction of sp³-hybridized carbons (Fsp3) is 0.394. The highest BCUT2D eigenvalue weighted by Gasteiger charge is 2.34. The number of benzene rings is 3. The summed E-state index contributed by atoms with van der Waals surface area (Å²) in [5.41, 5.74) is 15.4. The van der Waals surface area contributed by atoms with E-state index in [-0.39, 0.29) is 37.0 Å². The summed E-state index contributed by atoms with van der Waals surface area (Å²) in [6, 6.07) is 18.3. The van der Waals surface area contributed by atoms with E-state index >= 15 is 0 Å². The second kappa shape index (κ2) is 13.8. The molecule has 1 aliphatic rings. The number of hydrogen-bond donors (Lipinski definition) is 3. The number of hydrogen-bond acceptors (Lipinski definition) is 8. The minimum Gasteiger partial charge on any atom is -0.377 e. The Labute approximate surface area is 247 Å². The zero-order valence-corrected chi connectivity index (χ0v) is 24.6. The molecule has 9 heteroatoms. The van der Waals surface area contributed by atoms with Gasteiger partial charge < -0.3 is 21.7 Å². The van der Waals surface area contributed by atoms with Crippen molar-refractivity contribution in [3.8, 4) is 0 Å². The molecule has 3 aromatic carbocycles. The molecule has 4 rings (SSSR count). The summed E-state index contributed by atoms with van der Waals surface area (Å²) < 4.78 is 0. The summed E-state index contributed by atoms with van der Waals surface area (Å²) >= 11 is 0. The largest absolute Gasteiger partial charge is 0.377 e. The van der Waals surface area contributed by atoms with Crippen LogP contribution < -0.4 is 21.7 Å². The Hall–Kier alpha value is -3.92. The van der Waals surface area contributed by atoms with Crippen molar-refractivity contribution in [2.75, 3.05) is 38.6 Å². The van der Waals surface area contributed by atoms with Crippen molar-refractivity contribution in [3.63, 3.8) is 0 Å². The number of amides is 2. The SMILES string of the molecule is CC(=O)[C@@H](CCN1C(=O)c2cccc3c(N(C)C)ccc(c23)C1=O)CC(=O)[C@@H](N)CCNC[C@@H](N)Cc1ccccc1. The molecule has 0 aliphatic carbocycles. The van der Waals surface area contributed by atoms with Gasteiger partial charge >= 0.3 is 0 Å². The van der Waals surface area contributed by atoms with Crippen molar-refractivity contribution in [1.29, 1.82) is 0 Å². The first-order valence-corrected chi connectivity index (χ1v) is 14.5. The molecular formula is C33H41N5O4. The van der Waals surface area contributed by atoms with Gasteiger partial charge in [0.1, 0.15) is 11.6 Å². The second-order valence-electron chi connectivity index (χ2n) is 11.3. The van der Waals surface area contributed by atoms with E-state index in [1.807, 2.05) is 67.5 Å². The van der Waals surface area contributed by atoms with Gasteiger partial charge in [-0.25, -0.2) is 0 Å². The molecule has 222 valence electrons. The Bertz CT molecular complexity index is 1430. The van der Waals surface area contributed by atoms with Crippen LogP contribution in [0, 0.1) is 5.92 Å². The van der Waals surface area contributed by atoms with Crippen molar-refractivity contribution >= 4 is 39.8 Å². The first-order valence-electron chi connectivity index (χ1n) is 14.5. The Morgan fingerprint density at radius 1 is 0.905 bits per heavy atom. The van der Waals surface area contributed by atoms with Gasteiger partial charge in [0.05, 0.1) is 6.04 Å². The predicted molar refractivity (Wildman–Crippen MR) is 166 cm³/mol. The summed E-state index contributed by atoms with van der Waals surface area (Å²) in [4.78, 5) is 55.3. The summed E-state index contributed by atoms with van der Waals surface area (Å²) in [6.07, 6.45) is 1.33. The lowest BCUT2D eigenvalue weighted by molar-refractivity contribution is -0.127. The van der Waals surface area contributed by atoms with Crippen LogP contribution in [0.1, 0.15) is 52.5 Å². The highest BCUT2D eigenvalue weighted by Crippen LogP contribution is 2.35. The minimum atomic E-state index is -0.724. The van der Waals surface area contributed by atoms with Gasteiger partial charge in [-0.05, 0) is 56.5 Å². The third-order valence-corrected chi connectivity index (χ3v) is 7.97. The zero-order chi connectivity index (χ0) is 30.4. The Kier molecular flexibility index (Phi) is 10.2. The van der Waals surface area contributed by atoms with Gasteiger partial charge in [0, 0.05) is 73.2 Å². The lowest BCUT2D eigenvalue weighted by Crippen LogP contribution is -2.42. The van der Waals surface area contributed by atoms with Crippen LogP contribution in [0.3, 0.4) is 0 Å². The summed E-state index contributed by atoms with van der Waals surface area (Å²) in [6.45, 7) is 2.59. The van der Waals surface area contributed by atoms with Crippen molar-refractivity contribution in [2.24, 2.45) is 17.4 Å². The highest BCUT2D eigenvalue weighted by atomic mass is 16.2. The maximum atomic E-state index is 13.4. The number of rotatable bonds is 15. The Morgan fingerprint density at radius 2 is 1.60 bits per heavy atom. The van der Waals surface area contributed by atoms with Crippen LogP contribution in [0.4, 0.5) is 5.69 Å². The van der Waals surface area contributed by atoms with E-state index in [1.165, 1.54) is 17.4 Å². The van der Waals surface area contributed by atoms with E-state index in [9.17, 15) is 19.2 Å². The molecule has 2 amide bonds. The van der Waals surface area contributed by atoms with E-state index in [1.54, 1.807) is 12.1 Å². The van der Waals surface area contributed by atoms with Crippen molar-refractivity contribution < 1.29 is 19.2 Å². The normalized spacial score (nSPS) is 15.0. The number of anilines is 1. The smallest absolute Gasteiger partial charge is 0.261 e. The summed E-state index contributed by atoms with van der Waals surface area (Å²) in [5.74, 6) is -1.81. The van der Waals surface area contributed by atoms with Crippen molar-refractivity contribution in [1.82, 2.24) is 10.2 Å². The number of nitrogens with zero attached hydrogens (tertiary/aromatic N) is 2. The average Bonchev–Trinajstić information content (AvgIpc) is 2.97. The molecule has 0 aromatic heterocycles. The molecule has 0 fully saturated rings. The van der Waals surface area contributed by atoms with Gasteiger partial charge in [0.2, 0.25) is 0 Å². The van der Waals surface area contributed by atoms with Crippen LogP contribution in [0.5, 0.6) is 0 Å². The van der Waals surface area contributed by atoms with Crippen LogP contribution in [0.2, 0.25) is 0 Å². The van der Waals surface area contributed by atoms with E-state index in [2.05, 4.69) is 5.32 Å². The molecule has 0 spiro atoms. The topological polar surface area (TPSA) is 139 Å². The van der Waals surface area contributed by atoms with Gasteiger partial charge in [-0.3, -0.25) is 24.1 Å². The standard InChI is InChI=1S/C33H41N5O4/c1-21(39)23(19-30(40)28(35)14-16-36-20-24(34)18-22-8-5-4-6-9-22)15-17-38-32(41)26-11-7-10-25-29(37(2)3)13-12-27(31(25)26)33(38)42/h4-13,23-24,28,36H,14-20,34-35H2,1-3H3/t23-,24-,28-/m0/s1. The maximum absolute atomic E-state index is 13.4. The number of nitrogens with two attached hydrogens (primary N) is 2. The molecule has 0 bridgehead atoms. The van der Waals surface area contributed by atoms with Gasteiger partial charge in [-0.15, -0.1) is 0 Å². The van der Waals surface area contributed by atoms with Crippen LogP contribution >= 0.6 is 0 Å². The predicted octanol–water partition coefficient (Wildman–Crippen LogP) is 2.93. The van der Waals surface area contributed by atoms with E-state index in [4.69, 9.17) is 11.5 Å². The average molecular weight is 572 g/mol. The zero-order valence-electron chi connectivity index (χ0n) is 24.6. The number of imide groups is 1. The number of nitrogens with one attached hydrogen (secondary N) is 1. The van der Waals surface area contributed by atoms with Gasteiger partial charge in [0.15, 0.2) is 0 Å². The van der Waals surface area contributed by atoms with Crippen LogP contribution in [-0.2, 0) is 16.0 Å². The second-order valence-corrected chi connectivity index (χ2v) is 11.3. The highest BCUT2D eigenvalue weighted by molar-refractivity contribution is 6.26. The van der Waals surface area contributed by atoms with E-state index in [0.29, 0.717) is 36.0 Å². The van der Waals surface area contributed by atoms with Gasteiger partial charge in [-0.2, -0.15) is 0 Å². The van der Waals surface area contributed by atoms with Crippen LogP contribution in [0.25, 0.3) is 10.8 Å².